The number of rotatable bonds is 4. The Morgan fingerprint density at radius 2 is 2.00 bits per heavy atom. The van der Waals surface area contributed by atoms with Crippen molar-refractivity contribution in [2.24, 2.45) is 0 Å². The summed E-state index contributed by atoms with van der Waals surface area (Å²) in [5, 5.41) is 0. The van der Waals surface area contributed by atoms with Crippen molar-refractivity contribution < 1.29 is 19.1 Å². The van der Waals surface area contributed by atoms with Crippen LogP contribution in [0, 0.1) is 0 Å². The van der Waals surface area contributed by atoms with Crippen molar-refractivity contribution in [3.63, 3.8) is 0 Å². The fourth-order valence-electron chi connectivity index (χ4n) is 1.58. The van der Waals surface area contributed by atoms with E-state index in [1.165, 1.54) is 12.0 Å². The van der Waals surface area contributed by atoms with Gasteiger partial charge >= 0.3 is 11.9 Å². The van der Waals surface area contributed by atoms with Gasteiger partial charge in [0.25, 0.3) is 0 Å². The van der Waals surface area contributed by atoms with Crippen LogP contribution in [0.25, 0.3) is 0 Å². The van der Waals surface area contributed by atoms with Crippen molar-refractivity contribution in [1.29, 1.82) is 0 Å². The van der Waals surface area contributed by atoms with Crippen LogP contribution in [0.2, 0.25) is 0 Å². The van der Waals surface area contributed by atoms with Gasteiger partial charge < -0.3 is 14.4 Å². The summed E-state index contributed by atoms with van der Waals surface area (Å²) in [4.78, 5) is 23.9. The van der Waals surface area contributed by atoms with Crippen molar-refractivity contribution in [1.82, 2.24) is 4.90 Å². The molecule has 0 aromatic heterocycles. The molecule has 1 aromatic rings. The molecule has 1 aromatic carbocycles. The lowest BCUT2D eigenvalue weighted by molar-refractivity contribution is -0.157. The van der Waals surface area contributed by atoms with E-state index in [9.17, 15) is 9.59 Å². The lowest BCUT2D eigenvalue weighted by atomic mass is 10.1. The number of likely N-dealkylation sites (N-methyl/N-ethyl adjacent to an activating group) is 1. The van der Waals surface area contributed by atoms with Crippen LogP contribution >= 0.6 is 15.9 Å². The van der Waals surface area contributed by atoms with Crippen LogP contribution < -0.4 is 4.74 Å². The predicted octanol–water partition coefficient (Wildman–Crippen LogP) is 1.63. The summed E-state index contributed by atoms with van der Waals surface area (Å²) in [6.07, 6.45) is 0.585. The molecule has 104 valence electrons. The maximum Gasteiger partial charge on any atom is 0.396 e. The first-order valence-corrected chi connectivity index (χ1v) is 6.44. The van der Waals surface area contributed by atoms with E-state index >= 15 is 0 Å². The fourth-order valence-corrected chi connectivity index (χ4v) is 1.98. The molecule has 1 amide bonds. The highest BCUT2D eigenvalue weighted by atomic mass is 79.9. The van der Waals surface area contributed by atoms with Crippen molar-refractivity contribution in [2.45, 2.75) is 6.42 Å². The fraction of sp³-hybridized carbons (Fsp3) is 0.385. The Labute approximate surface area is 120 Å². The number of methoxy groups -OCH3 is 2. The number of benzene rings is 1. The highest BCUT2D eigenvalue weighted by molar-refractivity contribution is 9.10. The number of amides is 1. The SMILES string of the molecule is COC(=O)C(=O)N(C)CCc1cc(Br)ccc1OC. The minimum Gasteiger partial charge on any atom is -0.496 e. The second kappa shape index (κ2) is 7.13. The first-order valence-electron chi connectivity index (χ1n) is 5.65. The molecule has 0 atom stereocenters. The summed E-state index contributed by atoms with van der Waals surface area (Å²) < 4.78 is 10.6. The van der Waals surface area contributed by atoms with Gasteiger partial charge in [0.1, 0.15) is 5.75 Å². The molecule has 0 unspecified atom stereocenters. The van der Waals surface area contributed by atoms with Crippen LogP contribution in [0.15, 0.2) is 22.7 Å². The number of ether oxygens (including phenoxy) is 2. The lowest BCUT2D eigenvalue weighted by Crippen LogP contribution is -2.35. The zero-order chi connectivity index (χ0) is 14.4. The normalized spacial score (nSPS) is 9.89. The molecular weight excluding hydrogens is 314 g/mol. The van der Waals surface area contributed by atoms with Gasteiger partial charge in [0.2, 0.25) is 0 Å². The zero-order valence-corrected chi connectivity index (χ0v) is 12.7. The number of halogens is 1. The molecule has 0 aliphatic carbocycles. The monoisotopic (exact) mass is 329 g/mol. The number of carbonyl (C=O) groups excluding carboxylic acids is 2. The molecule has 0 saturated carbocycles. The van der Waals surface area contributed by atoms with Gasteiger partial charge in [-0.2, -0.15) is 0 Å². The zero-order valence-electron chi connectivity index (χ0n) is 11.1. The number of hydrogen-bond donors (Lipinski definition) is 0. The van der Waals surface area contributed by atoms with Crippen LogP contribution in [0.1, 0.15) is 5.56 Å². The molecule has 6 heteroatoms. The van der Waals surface area contributed by atoms with Crippen LogP contribution in [-0.2, 0) is 20.7 Å². The van der Waals surface area contributed by atoms with E-state index in [2.05, 4.69) is 20.7 Å². The third kappa shape index (κ3) is 4.24. The molecule has 0 aliphatic rings. The van der Waals surface area contributed by atoms with Crippen LogP contribution in [0.5, 0.6) is 5.75 Å². The number of nitrogens with zero attached hydrogens (tertiary/aromatic N) is 1. The van der Waals surface area contributed by atoms with Crippen molar-refractivity contribution >= 4 is 27.8 Å². The van der Waals surface area contributed by atoms with Gasteiger partial charge in [0.15, 0.2) is 0 Å². The van der Waals surface area contributed by atoms with Gasteiger partial charge in [-0.05, 0) is 30.2 Å². The standard InChI is InChI=1S/C13H16BrNO4/c1-15(12(16)13(17)19-3)7-6-9-8-10(14)4-5-11(9)18-2/h4-5,8H,6-7H2,1-3H3. The summed E-state index contributed by atoms with van der Waals surface area (Å²) in [5.41, 5.74) is 0.960. The Morgan fingerprint density at radius 1 is 1.32 bits per heavy atom. The number of hydrogen-bond acceptors (Lipinski definition) is 4. The summed E-state index contributed by atoms with van der Waals surface area (Å²) in [6, 6.07) is 5.66. The number of esters is 1. The molecule has 0 radical (unpaired) electrons. The highest BCUT2D eigenvalue weighted by Gasteiger charge is 2.19. The summed E-state index contributed by atoms with van der Waals surface area (Å²) in [7, 11) is 4.34. The summed E-state index contributed by atoms with van der Waals surface area (Å²) in [5.74, 6) is -0.762. The minimum absolute atomic E-state index is 0.404. The van der Waals surface area contributed by atoms with E-state index in [4.69, 9.17) is 4.74 Å². The van der Waals surface area contributed by atoms with E-state index in [0.717, 1.165) is 15.8 Å². The molecule has 19 heavy (non-hydrogen) atoms. The van der Waals surface area contributed by atoms with E-state index in [0.29, 0.717) is 13.0 Å². The molecule has 0 heterocycles. The maximum atomic E-state index is 11.5. The first kappa shape index (κ1) is 15.5. The Balaban J connectivity index is 2.69. The first-order chi connectivity index (χ1) is 8.99. The van der Waals surface area contributed by atoms with Crippen LogP contribution in [0.4, 0.5) is 0 Å². The average Bonchev–Trinajstić information content (AvgIpc) is 2.43. The Hall–Kier alpha value is -1.56. The largest absolute Gasteiger partial charge is 0.496 e. The molecule has 0 saturated heterocycles. The molecule has 1 rings (SSSR count). The third-order valence-corrected chi connectivity index (χ3v) is 3.16. The van der Waals surface area contributed by atoms with Gasteiger partial charge in [-0.1, -0.05) is 15.9 Å². The van der Waals surface area contributed by atoms with Crippen molar-refractivity contribution in [2.75, 3.05) is 27.8 Å². The molecule has 0 aliphatic heterocycles. The van der Waals surface area contributed by atoms with E-state index in [1.807, 2.05) is 18.2 Å². The maximum absolute atomic E-state index is 11.5. The quantitative estimate of drug-likeness (QED) is 0.622. The Kier molecular flexibility index (Phi) is 5.82. The van der Waals surface area contributed by atoms with Crippen molar-refractivity contribution in [3.05, 3.63) is 28.2 Å². The van der Waals surface area contributed by atoms with Gasteiger partial charge in [0, 0.05) is 18.1 Å². The second-order valence-electron chi connectivity index (χ2n) is 3.92. The molecule has 0 spiro atoms. The molecule has 0 fully saturated rings. The molecule has 5 nitrogen and oxygen atoms in total. The van der Waals surface area contributed by atoms with Gasteiger partial charge in [-0.3, -0.25) is 4.79 Å². The number of carbonyl (C=O) groups is 2. The molecular formula is C13H16BrNO4. The van der Waals surface area contributed by atoms with E-state index in [1.54, 1.807) is 14.2 Å². The second-order valence-corrected chi connectivity index (χ2v) is 4.84. The van der Waals surface area contributed by atoms with E-state index < -0.39 is 11.9 Å². The van der Waals surface area contributed by atoms with Gasteiger partial charge in [0.05, 0.1) is 14.2 Å². The average molecular weight is 330 g/mol. The van der Waals surface area contributed by atoms with Crippen molar-refractivity contribution in [3.8, 4) is 5.75 Å². The molecule has 0 N–H and O–H groups in total. The third-order valence-electron chi connectivity index (χ3n) is 2.67. The lowest BCUT2D eigenvalue weighted by Gasteiger charge is -2.16. The molecule has 0 bridgehead atoms. The van der Waals surface area contributed by atoms with Gasteiger partial charge in [-0.15, -0.1) is 0 Å². The predicted molar refractivity (Wildman–Crippen MR) is 74.1 cm³/mol. The summed E-state index contributed by atoms with van der Waals surface area (Å²) >= 11 is 3.39. The van der Waals surface area contributed by atoms with E-state index in [-0.39, 0.29) is 0 Å². The van der Waals surface area contributed by atoms with Crippen LogP contribution in [-0.4, -0.2) is 44.6 Å². The smallest absolute Gasteiger partial charge is 0.396 e. The Morgan fingerprint density at radius 3 is 2.58 bits per heavy atom. The highest BCUT2D eigenvalue weighted by Crippen LogP contribution is 2.23. The topological polar surface area (TPSA) is 55.8 Å². The summed E-state index contributed by atoms with van der Waals surface area (Å²) in [6.45, 7) is 0.404. The van der Waals surface area contributed by atoms with Crippen LogP contribution in [0.3, 0.4) is 0 Å². The Bertz CT molecular complexity index is 476. The van der Waals surface area contributed by atoms with Gasteiger partial charge in [-0.25, -0.2) is 4.79 Å². The minimum atomic E-state index is -0.858.